The maximum absolute atomic E-state index is 13.2. The van der Waals surface area contributed by atoms with Crippen LogP contribution in [-0.4, -0.2) is 28.7 Å². The molecular weight excluding hydrogens is 361 g/mol. The number of imide groups is 1. The van der Waals surface area contributed by atoms with E-state index < -0.39 is 11.8 Å². The molecule has 1 aliphatic heterocycles. The molecule has 2 aliphatic rings. The molecule has 0 saturated heterocycles. The first-order valence-corrected chi connectivity index (χ1v) is 9.48. The van der Waals surface area contributed by atoms with Gasteiger partial charge in [-0.3, -0.25) is 14.5 Å². The van der Waals surface area contributed by atoms with Crippen molar-refractivity contribution in [1.29, 1.82) is 0 Å². The summed E-state index contributed by atoms with van der Waals surface area (Å²) in [7, 11) is 0. The molecular formula is C22H20FNO4. The lowest BCUT2D eigenvalue weighted by atomic mass is 9.94. The Labute approximate surface area is 162 Å². The summed E-state index contributed by atoms with van der Waals surface area (Å²) in [5.74, 6) is -1.65. The maximum Gasteiger partial charge on any atom is 0.338 e. The number of ether oxygens (including phenoxy) is 1. The summed E-state index contributed by atoms with van der Waals surface area (Å²) >= 11 is 0. The van der Waals surface area contributed by atoms with E-state index in [1.807, 2.05) is 0 Å². The maximum atomic E-state index is 13.2. The molecule has 0 spiro atoms. The largest absolute Gasteiger partial charge is 0.457 e. The standard InChI is InChI=1S/C22H20FNO4/c23-16-6-4-5-14(11-16)13-28-22(27)15-9-10-18-19(12-15)21(26)24(20(18)25)17-7-2-1-3-8-17/h4-6,9-12,17H,1-3,7-8,13H2. The van der Waals surface area contributed by atoms with E-state index in [2.05, 4.69) is 0 Å². The van der Waals surface area contributed by atoms with Gasteiger partial charge in [-0.1, -0.05) is 31.4 Å². The summed E-state index contributed by atoms with van der Waals surface area (Å²) in [6, 6.07) is 10.2. The van der Waals surface area contributed by atoms with E-state index in [-0.39, 0.29) is 35.6 Å². The van der Waals surface area contributed by atoms with Crippen LogP contribution in [0.5, 0.6) is 0 Å². The molecule has 4 rings (SSSR count). The van der Waals surface area contributed by atoms with Crippen molar-refractivity contribution in [3.05, 3.63) is 70.5 Å². The first-order valence-electron chi connectivity index (χ1n) is 9.48. The third kappa shape index (κ3) is 3.42. The van der Waals surface area contributed by atoms with Gasteiger partial charge >= 0.3 is 5.97 Å². The van der Waals surface area contributed by atoms with Crippen LogP contribution in [0.4, 0.5) is 4.39 Å². The molecule has 1 heterocycles. The number of carbonyl (C=O) groups excluding carboxylic acids is 3. The molecule has 28 heavy (non-hydrogen) atoms. The van der Waals surface area contributed by atoms with E-state index in [0.29, 0.717) is 11.1 Å². The topological polar surface area (TPSA) is 63.7 Å². The van der Waals surface area contributed by atoms with Crippen molar-refractivity contribution in [3.63, 3.8) is 0 Å². The van der Waals surface area contributed by atoms with Crippen LogP contribution in [0.3, 0.4) is 0 Å². The fraction of sp³-hybridized carbons (Fsp3) is 0.318. The first-order chi connectivity index (χ1) is 13.5. The van der Waals surface area contributed by atoms with Crippen molar-refractivity contribution in [1.82, 2.24) is 4.90 Å². The van der Waals surface area contributed by atoms with Crippen molar-refractivity contribution >= 4 is 17.8 Å². The lowest BCUT2D eigenvalue weighted by molar-refractivity contribution is 0.0471. The highest BCUT2D eigenvalue weighted by Gasteiger charge is 2.40. The van der Waals surface area contributed by atoms with Gasteiger partial charge in [0.05, 0.1) is 16.7 Å². The highest BCUT2D eigenvalue weighted by atomic mass is 19.1. The number of esters is 1. The fourth-order valence-electron chi connectivity index (χ4n) is 3.92. The average Bonchev–Trinajstić information content (AvgIpc) is 2.97. The van der Waals surface area contributed by atoms with Gasteiger partial charge in [0.1, 0.15) is 12.4 Å². The van der Waals surface area contributed by atoms with Crippen LogP contribution in [0.2, 0.25) is 0 Å². The number of rotatable bonds is 4. The quantitative estimate of drug-likeness (QED) is 0.591. The molecule has 0 bridgehead atoms. The van der Waals surface area contributed by atoms with Crippen LogP contribution in [0.15, 0.2) is 42.5 Å². The average molecular weight is 381 g/mol. The first kappa shape index (κ1) is 18.3. The summed E-state index contributed by atoms with van der Waals surface area (Å²) in [4.78, 5) is 39.2. The number of hydrogen-bond donors (Lipinski definition) is 0. The molecule has 1 fully saturated rings. The van der Waals surface area contributed by atoms with E-state index >= 15 is 0 Å². The van der Waals surface area contributed by atoms with E-state index in [1.54, 1.807) is 6.07 Å². The second kappa shape index (κ2) is 7.54. The minimum atomic E-state index is -0.622. The van der Waals surface area contributed by atoms with Crippen LogP contribution >= 0.6 is 0 Å². The Morgan fingerprint density at radius 3 is 2.50 bits per heavy atom. The van der Waals surface area contributed by atoms with Crippen LogP contribution in [0, 0.1) is 5.82 Å². The zero-order valence-electron chi connectivity index (χ0n) is 15.3. The van der Waals surface area contributed by atoms with E-state index in [1.165, 1.54) is 41.3 Å². The third-order valence-corrected chi connectivity index (χ3v) is 5.35. The summed E-state index contributed by atoms with van der Waals surface area (Å²) in [5, 5.41) is 0. The molecule has 2 aromatic rings. The van der Waals surface area contributed by atoms with Crippen molar-refractivity contribution in [2.75, 3.05) is 0 Å². The molecule has 5 nitrogen and oxygen atoms in total. The molecule has 144 valence electrons. The van der Waals surface area contributed by atoms with E-state index in [0.717, 1.165) is 32.1 Å². The zero-order chi connectivity index (χ0) is 19.7. The van der Waals surface area contributed by atoms with Gasteiger partial charge in [0.15, 0.2) is 0 Å². The second-order valence-corrected chi connectivity index (χ2v) is 7.24. The third-order valence-electron chi connectivity index (χ3n) is 5.35. The number of halogens is 1. The molecule has 0 atom stereocenters. The number of benzene rings is 2. The Hall–Kier alpha value is -3.02. The molecule has 2 aromatic carbocycles. The molecule has 0 radical (unpaired) electrons. The number of amides is 2. The van der Waals surface area contributed by atoms with Gasteiger partial charge < -0.3 is 4.74 Å². The Morgan fingerprint density at radius 2 is 1.75 bits per heavy atom. The van der Waals surface area contributed by atoms with E-state index in [9.17, 15) is 18.8 Å². The Balaban J connectivity index is 1.50. The van der Waals surface area contributed by atoms with Gasteiger partial charge in [0, 0.05) is 6.04 Å². The highest BCUT2D eigenvalue weighted by molar-refractivity contribution is 6.22. The number of fused-ring (bicyclic) bond motifs is 1. The monoisotopic (exact) mass is 381 g/mol. The molecule has 2 amide bonds. The smallest absolute Gasteiger partial charge is 0.338 e. The summed E-state index contributed by atoms with van der Waals surface area (Å²) in [6.07, 6.45) is 4.80. The number of nitrogens with zero attached hydrogens (tertiary/aromatic N) is 1. The molecule has 0 N–H and O–H groups in total. The lowest BCUT2D eigenvalue weighted by Gasteiger charge is -2.29. The number of hydrogen-bond acceptors (Lipinski definition) is 4. The van der Waals surface area contributed by atoms with Crippen LogP contribution in [0.1, 0.15) is 68.7 Å². The Morgan fingerprint density at radius 1 is 1.00 bits per heavy atom. The van der Waals surface area contributed by atoms with Gasteiger partial charge in [-0.05, 0) is 48.7 Å². The molecule has 6 heteroatoms. The molecule has 0 unspecified atom stereocenters. The van der Waals surface area contributed by atoms with Gasteiger partial charge in [0.25, 0.3) is 11.8 Å². The second-order valence-electron chi connectivity index (χ2n) is 7.24. The minimum absolute atomic E-state index is 0.0653. The van der Waals surface area contributed by atoms with Crippen molar-refractivity contribution < 1.29 is 23.5 Å². The fourth-order valence-corrected chi connectivity index (χ4v) is 3.92. The summed E-state index contributed by atoms with van der Waals surface area (Å²) < 4.78 is 18.4. The highest BCUT2D eigenvalue weighted by Crippen LogP contribution is 2.31. The predicted molar refractivity (Wildman–Crippen MR) is 99.3 cm³/mol. The minimum Gasteiger partial charge on any atom is -0.457 e. The Bertz CT molecular complexity index is 949. The van der Waals surface area contributed by atoms with Crippen molar-refractivity contribution in [3.8, 4) is 0 Å². The van der Waals surface area contributed by atoms with Crippen molar-refractivity contribution in [2.45, 2.75) is 44.8 Å². The van der Waals surface area contributed by atoms with Gasteiger partial charge in [-0.25, -0.2) is 9.18 Å². The van der Waals surface area contributed by atoms with Gasteiger partial charge in [-0.15, -0.1) is 0 Å². The van der Waals surface area contributed by atoms with Crippen LogP contribution in [0.25, 0.3) is 0 Å². The van der Waals surface area contributed by atoms with Gasteiger partial charge in [0.2, 0.25) is 0 Å². The summed E-state index contributed by atoms with van der Waals surface area (Å²) in [6.45, 7) is -0.0746. The SMILES string of the molecule is O=C(OCc1cccc(F)c1)c1ccc2c(c1)C(=O)N(C1CCCCC1)C2=O. The van der Waals surface area contributed by atoms with Crippen molar-refractivity contribution in [2.24, 2.45) is 0 Å². The summed E-state index contributed by atoms with van der Waals surface area (Å²) in [5.41, 5.74) is 1.30. The zero-order valence-corrected chi connectivity index (χ0v) is 15.3. The predicted octanol–water partition coefficient (Wildman–Crippen LogP) is 4.11. The van der Waals surface area contributed by atoms with Gasteiger partial charge in [-0.2, -0.15) is 0 Å². The van der Waals surface area contributed by atoms with Crippen LogP contribution < -0.4 is 0 Å². The van der Waals surface area contributed by atoms with E-state index in [4.69, 9.17) is 4.74 Å². The van der Waals surface area contributed by atoms with Crippen LogP contribution in [-0.2, 0) is 11.3 Å². The Kier molecular flexibility index (Phi) is 4.94. The lowest BCUT2D eigenvalue weighted by Crippen LogP contribution is -2.40. The normalized spacial score (nSPS) is 17.0. The molecule has 0 aromatic heterocycles. The number of carbonyl (C=O) groups is 3. The molecule has 1 aliphatic carbocycles. The molecule has 1 saturated carbocycles.